The molecule has 1 heterocycles. The summed E-state index contributed by atoms with van der Waals surface area (Å²) < 4.78 is 27.5. The van der Waals surface area contributed by atoms with Gasteiger partial charge in [0.2, 0.25) is 0 Å². The van der Waals surface area contributed by atoms with Gasteiger partial charge in [-0.05, 0) is 30.3 Å². The molecule has 2 aromatic carbocycles. The Labute approximate surface area is 137 Å². The Morgan fingerprint density at radius 1 is 1.04 bits per heavy atom. The quantitative estimate of drug-likeness (QED) is 0.563. The van der Waals surface area contributed by atoms with Crippen LogP contribution in [0.25, 0.3) is 11.0 Å². The van der Waals surface area contributed by atoms with Crippen molar-refractivity contribution in [3.63, 3.8) is 0 Å². The number of H-pyrrole nitrogens is 2. The van der Waals surface area contributed by atoms with Gasteiger partial charge in [0.05, 0.1) is 27.2 Å². The van der Waals surface area contributed by atoms with Crippen molar-refractivity contribution in [2.45, 2.75) is 4.90 Å². The van der Waals surface area contributed by atoms with Crippen molar-refractivity contribution < 1.29 is 13.2 Å². The molecule has 1 amide bonds. The zero-order valence-electron chi connectivity index (χ0n) is 12.6. The molecule has 0 bridgehead atoms. The third-order valence-electron chi connectivity index (χ3n) is 3.44. The van der Waals surface area contributed by atoms with E-state index in [9.17, 15) is 18.0 Å². The van der Waals surface area contributed by atoms with E-state index in [1.54, 1.807) is 12.1 Å². The summed E-state index contributed by atoms with van der Waals surface area (Å²) in [5.74, 6) is -0.404. The number of anilines is 1. The van der Waals surface area contributed by atoms with Crippen molar-refractivity contribution in [2.24, 2.45) is 0 Å². The second-order valence-corrected chi connectivity index (χ2v) is 6.70. The third kappa shape index (κ3) is 2.88. The van der Waals surface area contributed by atoms with Gasteiger partial charge in [-0.1, -0.05) is 12.1 Å². The SMILES string of the molecule is CNC(=O)c1ccccc1NS(=O)(=O)c1ccc2[nH]c(=O)[nH]c2c1. The van der Waals surface area contributed by atoms with E-state index < -0.39 is 21.6 Å². The van der Waals surface area contributed by atoms with Crippen LogP contribution in [0, 0.1) is 0 Å². The second-order valence-electron chi connectivity index (χ2n) is 5.02. The Morgan fingerprint density at radius 2 is 1.75 bits per heavy atom. The summed E-state index contributed by atoms with van der Waals surface area (Å²) in [4.78, 5) is 28.1. The molecule has 0 fully saturated rings. The van der Waals surface area contributed by atoms with E-state index in [1.165, 1.54) is 37.4 Å². The summed E-state index contributed by atoms with van der Waals surface area (Å²) >= 11 is 0. The van der Waals surface area contributed by atoms with Crippen LogP contribution >= 0.6 is 0 Å². The van der Waals surface area contributed by atoms with Crippen LogP contribution in [0.5, 0.6) is 0 Å². The van der Waals surface area contributed by atoms with Crippen molar-refractivity contribution in [3.8, 4) is 0 Å². The summed E-state index contributed by atoms with van der Waals surface area (Å²) in [6.45, 7) is 0. The van der Waals surface area contributed by atoms with Gasteiger partial charge in [0.15, 0.2) is 0 Å². The number of aromatic nitrogens is 2. The van der Waals surface area contributed by atoms with Crippen LogP contribution in [0.15, 0.2) is 52.2 Å². The Kier molecular flexibility index (Phi) is 3.86. The molecule has 0 saturated heterocycles. The number of imidazole rings is 1. The first-order valence-corrected chi connectivity index (χ1v) is 8.45. The number of rotatable bonds is 4. The summed E-state index contributed by atoms with van der Waals surface area (Å²) in [7, 11) is -2.46. The van der Waals surface area contributed by atoms with Crippen LogP contribution in [0.4, 0.5) is 5.69 Å². The molecule has 0 saturated carbocycles. The first-order chi connectivity index (χ1) is 11.4. The van der Waals surface area contributed by atoms with E-state index in [1.807, 2.05) is 0 Å². The Hall–Kier alpha value is -3.07. The molecule has 3 aromatic rings. The lowest BCUT2D eigenvalue weighted by molar-refractivity contribution is 0.0964. The second kappa shape index (κ2) is 5.85. The van der Waals surface area contributed by atoms with Crippen molar-refractivity contribution in [2.75, 3.05) is 11.8 Å². The van der Waals surface area contributed by atoms with Crippen molar-refractivity contribution in [1.29, 1.82) is 0 Å². The Balaban J connectivity index is 2.02. The predicted octanol–water partition coefficient (Wildman–Crippen LogP) is 1.02. The largest absolute Gasteiger partial charge is 0.355 e. The van der Waals surface area contributed by atoms with E-state index in [0.29, 0.717) is 11.0 Å². The molecule has 24 heavy (non-hydrogen) atoms. The van der Waals surface area contributed by atoms with Gasteiger partial charge in [-0.2, -0.15) is 0 Å². The number of para-hydroxylation sites is 1. The molecular formula is C15H14N4O4S. The van der Waals surface area contributed by atoms with E-state index in [-0.39, 0.29) is 16.1 Å². The Morgan fingerprint density at radius 3 is 2.50 bits per heavy atom. The van der Waals surface area contributed by atoms with Crippen LogP contribution in [-0.4, -0.2) is 31.3 Å². The van der Waals surface area contributed by atoms with Crippen LogP contribution in [-0.2, 0) is 10.0 Å². The summed E-state index contributed by atoms with van der Waals surface area (Å²) in [5, 5.41) is 2.46. The lowest BCUT2D eigenvalue weighted by atomic mass is 10.2. The smallest absolute Gasteiger partial charge is 0.323 e. The number of nitrogens with one attached hydrogen (secondary N) is 4. The molecule has 0 unspecified atom stereocenters. The van der Waals surface area contributed by atoms with Gasteiger partial charge in [0.25, 0.3) is 15.9 Å². The minimum Gasteiger partial charge on any atom is -0.355 e. The van der Waals surface area contributed by atoms with Gasteiger partial charge in [-0.25, -0.2) is 13.2 Å². The monoisotopic (exact) mass is 346 g/mol. The average molecular weight is 346 g/mol. The first-order valence-electron chi connectivity index (χ1n) is 6.97. The number of fused-ring (bicyclic) bond motifs is 1. The van der Waals surface area contributed by atoms with Gasteiger partial charge in [0.1, 0.15) is 0 Å². The summed E-state index contributed by atoms with van der Waals surface area (Å²) in [6, 6.07) is 10.5. The minimum absolute atomic E-state index is 0.0306. The first kappa shape index (κ1) is 15.8. The normalized spacial score (nSPS) is 11.4. The fraction of sp³-hybridized carbons (Fsp3) is 0.0667. The molecular weight excluding hydrogens is 332 g/mol. The fourth-order valence-electron chi connectivity index (χ4n) is 2.29. The van der Waals surface area contributed by atoms with Gasteiger partial charge in [-0.3, -0.25) is 9.52 Å². The molecule has 0 aliphatic rings. The molecule has 0 aliphatic carbocycles. The van der Waals surface area contributed by atoms with Crippen molar-refractivity contribution in [1.82, 2.24) is 15.3 Å². The van der Waals surface area contributed by atoms with E-state index >= 15 is 0 Å². The number of sulfonamides is 1. The molecule has 4 N–H and O–H groups in total. The maximum atomic E-state index is 12.6. The zero-order chi connectivity index (χ0) is 17.3. The molecule has 9 heteroatoms. The van der Waals surface area contributed by atoms with Gasteiger partial charge in [0, 0.05) is 7.05 Å². The molecule has 0 aliphatic heterocycles. The van der Waals surface area contributed by atoms with E-state index in [4.69, 9.17) is 0 Å². The number of carbonyl (C=O) groups excluding carboxylic acids is 1. The summed E-state index contributed by atoms with van der Waals surface area (Å²) in [6.07, 6.45) is 0. The molecule has 124 valence electrons. The van der Waals surface area contributed by atoms with Crippen molar-refractivity contribution in [3.05, 3.63) is 58.5 Å². The number of carbonyl (C=O) groups is 1. The maximum absolute atomic E-state index is 12.6. The van der Waals surface area contributed by atoms with Crippen LogP contribution in [0.2, 0.25) is 0 Å². The standard InChI is InChI=1S/C15H14N4O4S/c1-16-14(20)10-4-2-3-5-11(10)19-24(22,23)9-6-7-12-13(8-9)18-15(21)17-12/h2-8,19H,1H3,(H,16,20)(H2,17,18,21). The van der Waals surface area contributed by atoms with Crippen molar-refractivity contribution >= 4 is 32.7 Å². The third-order valence-corrected chi connectivity index (χ3v) is 4.80. The maximum Gasteiger partial charge on any atom is 0.323 e. The molecule has 8 nitrogen and oxygen atoms in total. The number of hydrogen-bond acceptors (Lipinski definition) is 4. The molecule has 0 atom stereocenters. The van der Waals surface area contributed by atoms with Crippen LogP contribution < -0.4 is 15.7 Å². The van der Waals surface area contributed by atoms with Gasteiger partial charge < -0.3 is 15.3 Å². The lowest BCUT2D eigenvalue weighted by Gasteiger charge is -2.11. The number of hydrogen-bond donors (Lipinski definition) is 4. The molecule has 3 rings (SSSR count). The fourth-order valence-corrected chi connectivity index (χ4v) is 3.39. The topological polar surface area (TPSA) is 124 Å². The highest BCUT2D eigenvalue weighted by atomic mass is 32.2. The molecule has 0 radical (unpaired) electrons. The van der Waals surface area contributed by atoms with Crippen LogP contribution in [0.1, 0.15) is 10.4 Å². The highest BCUT2D eigenvalue weighted by Gasteiger charge is 2.18. The van der Waals surface area contributed by atoms with Gasteiger partial charge >= 0.3 is 5.69 Å². The van der Waals surface area contributed by atoms with E-state index in [2.05, 4.69) is 20.0 Å². The van der Waals surface area contributed by atoms with E-state index in [0.717, 1.165) is 0 Å². The molecule has 1 aromatic heterocycles. The predicted molar refractivity (Wildman–Crippen MR) is 89.6 cm³/mol. The lowest BCUT2D eigenvalue weighted by Crippen LogP contribution is -2.21. The highest BCUT2D eigenvalue weighted by molar-refractivity contribution is 7.92. The number of amides is 1. The Bertz CT molecular complexity index is 1080. The van der Waals surface area contributed by atoms with Gasteiger partial charge in [-0.15, -0.1) is 0 Å². The van der Waals surface area contributed by atoms with Crippen LogP contribution in [0.3, 0.4) is 0 Å². The zero-order valence-corrected chi connectivity index (χ0v) is 13.4. The number of aromatic amines is 2. The minimum atomic E-state index is -3.93. The average Bonchev–Trinajstić information content (AvgIpc) is 2.93. The summed E-state index contributed by atoms with van der Waals surface area (Å²) in [5.41, 5.74) is 0.837. The highest BCUT2D eigenvalue weighted by Crippen LogP contribution is 2.21. The number of benzene rings is 2. The molecule has 0 spiro atoms.